The van der Waals surface area contributed by atoms with Crippen LogP contribution in [-0.4, -0.2) is 24.1 Å². The van der Waals surface area contributed by atoms with Gasteiger partial charge in [0.2, 0.25) is 0 Å². The summed E-state index contributed by atoms with van der Waals surface area (Å²) < 4.78 is 9.89. The van der Waals surface area contributed by atoms with Crippen LogP contribution in [0.2, 0.25) is 0 Å². The minimum atomic E-state index is -0.816. The van der Waals surface area contributed by atoms with Gasteiger partial charge in [0.15, 0.2) is 0 Å². The lowest BCUT2D eigenvalue weighted by Gasteiger charge is -2.26. The van der Waals surface area contributed by atoms with Crippen molar-refractivity contribution in [2.45, 2.75) is 25.9 Å². The Morgan fingerprint density at radius 1 is 1.27 bits per heavy atom. The SMILES string of the molecule is C=CC(=O)OCC(C)(CC)OC(=O)C=C. The van der Waals surface area contributed by atoms with Crippen molar-refractivity contribution >= 4 is 11.9 Å². The Bertz CT molecular complexity index is 270. The van der Waals surface area contributed by atoms with Gasteiger partial charge in [-0.2, -0.15) is 0 Å². The molecule has 0 aliphatic heterocycles. The Morgan fingerprint density at radius 3 is 2.20 bits per heavy atom. The summed E-state index contributed by atoms with van der Waals surface area (Å²) in [4.78, 5) is 21.8. The van der Waals surface area contributed by atoms with Crippen LogP contribution in [0.1, 0.15) is 20.3 Å². The van der Waals surface area contributed by atoms with Crippen LogP contribution in [0.25, 0.3) is 0 Å². The Balaban J connectivity index is 4.29. The Kier molecular flexibility index (Phi) is 5.37. The van der Waals surface area contributed by atoms with Crippen molar-refractivity contribution < 1.29 is 19.1 Å². The second-order valence-electron chi connectivity index (χ2n) is 3.24. The number of carbonyl (C=O) groups excluding carboxylic acids is 2. The van der Waals surface area contributed by atoms with Crippen molar-refractivity contribution in [3.8, 4) is 0 Å². The summed E-state index contributed by atoms with van der Waals surface area (Å²) in [5.74, 6) is -1.07. The molecular weight excluding hydrogens is 196 g/mol. The van der Waals surface area contributed by atoms with Gasteiger partial charge in [-0.25, -0.2) is 9.59 Å². The summed E-state index contributed by atoms with van der Waals surface area (Å²) in [6, 6.07) is 0. The monoisotopic (exact) mass is 212 g/mol. The van der Waals surface area contributed by atoms with Gasteiger partial charge in [0.25, 0.3) is 0 Å². The van der Waals surface area contributed by atoms with E-state index in [2.05, 4.69) is 13.2 Å². The van der Waals surface area contributed by atoms with Crippen molar-refractivity contribution in [3.05, 3.63) is 25.3 Å². The first-order valence-electron chi connectivity index (χ1n) is 4.62. The molecule has 0 aliphatic carbocycles. The van der Waals surface area contributed by atoms with Crippen LogP contribution in [0.4, 0.5) is 0 Å². The number of rotatable bonds is 6. The molecule has 0 radical (unpaired) electrons. The molecule has 4 heteroatoms. The molecule has 0 N–H and O–H groups in total. The molecule has 0 heterocycles. The third kappa shape index (κ3) is 5.00. The predicted molar refractivity (Wildman–Crippen MR) is 56.1 cm³/mol. The molecule has 0 aromatic rings. The first kappa shape index (κ1) is 13.4. The van der Waals surface area contributed by atoms with Gasteiger partial charge in [-0.1, -0.05) is 20.1 Å². The summed E-state index contributed by atoms with van der Waals surface area (Å²) in [5, 5.41) is 0. The molecule has 4 nitrogen and oxygen atoms in total. The molecule has 0 spiro atoms. The molecule has 0 saturated carbocycles. The molecule has 84 valence electrons. The molecule has 1 unspecified atom stereocenters. The zero-order chi connectivity index (χ0) is 11.9. The highest BCUT2D eigenvalue weighted by Crippen LogP contribution is 2.16. The van der Waals surface area contributed by atoms with Gasteiger partial charge in [-0.15, -0.1) is 0 Å². The Hall–Kier alpha value is -1.58. The number of esters is 2. The standard InChI is InChI=1S/C11H16O4/c1-5-9(12)14-8-11(4,7-3)15-10(13)6-2/h5-6H,1-2,7-8H2,3-4H3. The normalized spacial score (nSPS) is 13.5. The van der Waals surface area contributed by atoms with E-state index in [0.29, 0.717) is 6.42 Å². The molecule has 0 amide bonds. The maximum atomic E-state index is 11.0. The summed E-state index contributed by atoms with van der Waals surface area (Å²) in [5.41, 5.74) is -0.816. The van der Waals surface area contributed by atoms with E-state index in [1.54, 1.807) is 6.92 Å². The molecule has 0 aromatic carbocycles. The molecular formula is C11H16O4. The lowest BCUT2D eigenvalue weighted by molar-refractivity contribution is -0.164. The van der Waals surface area contributed by atoms with Gasteiger partial charge in [-0.3, -0.25) is 0 Å². The third-order valence-corrected chi connectivity index (χ3v) is 1.95. The Morgan fingerprint density at radius 2 is 1.80 bits per heavy atom. The number of ether oxygens (including phenoxy) is 2. The van der Waals surface area contributed by atoms with Crippen LogP contribution in [0.15, 0.2) is 25.3 Å². The zero-order valence-electron chi connectivity index (χ0n) is 9.12. The number of carbonyl (C=O) groups is 2. The number of hydrogen-bond acceptors (Lipinski definition) is 4. The summed E-state index contributed by atoms with van der Waals surface area (Å²) in [6.45, 7) is 10.1. The molecule has 0 aliphatic rings. The molecule has 0 saturated heterocycles. The lowest BCUT2D eigenvalue weighted by Crippen LogP contribution is -2.36. The van der Waals surface area contributed by atoms with Gasteiger partial charge < -0.3 is 9.47 Å². The van der Waals surface area contributed by atoms with Gasteiger partial charge in [0.05, 0.1) is 0 Å². The predicted octanol–water partition coefficient (Wildman–Crippen LogP) is 1.61. The minimum Gasteiger partial charge on any atom is -0.458 e. The van der Waals surface area contributed by atoms with Crippen molar-refractivity contribution in [1.29, 1.82) is 0 Å². The van der Waals surface area contributed by atoms with E-state index >= 15 is 0 Å². The highest BCUT2D eigenvalue weighted by atomic mass is 16.6. The Labute approximate surface area is 89.6 Å². The van der Waals surface area contributed by atoms with E-state index in [4.69, 9.17) is 9.47 Å². The van der Waals surface area contributed by atoms with Gasteiger partial charge in [-0.05, 0) is 13.3 Å². The topological polar surface area (TPSA) is 52.6 Å². The molecule has 0 aromatic heterocycles. The first-order valence-corrected chi connectivity index (χ1v) is 4.62. The fourth-order valence-corrected chi connectivity index (χ4v) is 0.771. The van der Waals surface area contributed by atoms with Crippen molar-refractivity contribution in [2.75, 3.05) is 6.61 Å². The van der Waals surface area contributed by atoms with Crippen molar-refractivity contribution in [1.82, 2.24) is 0 Å². The quantitative estimate of drug-likeness (QED) is 0.496. The smallest absolute Gasteiger partial charge is 0.330 e. The largest absolute Gasteiger partial charge is 0.458 e. The maximum Gasteiger partial charge on any atom is 0.330 e. The van der Waals surface area contributed by atoms with E-state index in [1.165, 1.54) is 0 Å². The zero-order valence-corrected chi connectivity index (χ0v) is 9.12. The summed E-state index contributed by atoms with van der Waals surface area (Å²) in [7, 11) is 0. The third-order valence-electron chi connectivity index (χ3n) is 1.95. The van der Waals surface area contributed by atoms with Crippen molar-refractivity contribution in [2.24, 2.45) is 0 Å². The van der Waals surface area contributed by atoms with E-state index in [-0.39, 0.29) is 6.61 Å². The molecule has 1 atom stereocenters. The molecule has 0 bridgehead atoms. The average molecular weight is 212 g/mol. The average Bonchev–Trinajstić information content (AvgIpc) is 2.25. The highest BCUT2D eigenvalue weighted by molar-refractivity contribution is 5.82. The van der Waals surface area contributed by atoms with Gasteiger partial charge in [0, 0.05) is 12.2 Å². The lowest BCUT2D eigenvalue weighted by atomic mass is 10.1. The van der Waals surface area contributed by atoms with Crippen LogP contribution in [-0.2, 0) is 19.1 Å². The van der Waals surface area contributed by atoms with Crippen molar-refractivity contribution in [3.63, 3.8) is 0 Å². The maximum absolute atomic E-state index is 11.0. The number of hydrogen-bond donors (Lipinski definition) is 0. The van der Waals surface area contributed by atoms with Crippen LogP contribution in [0.3, 0.4) is 0 Å². The summed E-state index contributed by atoms with van der Waals surface area (Å²) in [6.07, 6.45) is 2.67. The first-order chi connectivity index (χ1) is 6.97. The van der Waals surface area contributed by atoms with E-state index in [0.717, 1.165) is 12.2 Å². The second kappa shape index (κ2) is 6.01. The van der Waals surface area contributed by atoms with E-state index in [1.807, 2.05) is 6.92 Å². The van der Waals surface area contributed by atoms with Crippen LogP contribution in [0.5, 0.6) is 0 Å². The fourth-order valence-electron chi connectivity index (χ4n) is 0.771. The fraction of sp³-hybridized carbons (Fsp3) is 0.455. The molecule has 0 rings (SSSR count). The molecule has 0 fully saturated rings. The van der Waals surface area contributed by atoms with Crippen LogP contribution >= 0.6 is 0 Å². The van der Waals surface area contributed by atoms with Crippen LogP contribution < -0.4 is 0 Å². The molecule has 15 heavy (non-hydrogen) atoms. The van der Waals surface area contributed by atoms with E-state index in [9.17, 15) is 9.59 Å². The second-order valence-corrected chi connectivity index (χ2v) is 3.24. The minimum absolute atomic E-state index is 0.00787. The summed E-state index contributed by atoms with van der Waals surface area (Å²) >= 11 is 0. The van der Waals surface area contributed by atoms with Gasteiger partial charge >= 0.3 is 11.9 Å². The highest BCUT2D eigenvalue weighted by Gasteiger charge is 2.27. The van der Waals surface area contributed by atoms with E-state index < -0.39 is 17.5 Å². The van der Waals surface area contributed by atoms with Crippen LogP contribution in [0, 0.1) is 0 Å². The van der Waals surface area contributed by atoms with Gasteiger partial charge in [0.1, 0.15) is 12.2 Å².